The van der Waals surface area contributed by atoms with Crippen LogP contribution in [0, 0.1) is 18.3 Å². The fraction of sp³-hybridized carbons (Fsp3) is 0.385. The normalized spacial score (nSPS) is 19.3. The van der Waals surface area contributed by atoms with Crippen molar-refractivity contribution in [1.82, 2.24) is 0 Å². The lowest BCUT2D eigenvalue weighted by molar-refractivity contribution is -0.141. The number of aliphatic carboxylic acids is 1. The summed E-state index contributed by atoms with van der Waals surface area (Å²) in [5, 5.41) is 18.3. The standard InChI is InChI=1S/C13H14N2O3/c1-9-2-3-11(10(6-9)7-14)15-4-5-18-8-12(15)13(16)17/h2-3,6,12H,4-5,8H2,1H3,(H,16,17). The summed E-state index contributed by atoms with van der Waals surface area (Å²) >= 11 is 0. The molecule has 1 aliphatic rings. The minimum absolute atomic E-state index is 0.147. The van der Waals surface area contributed by atoms with Crippen molar-refractivity contribution in [3.63, 3.8) is 0 Å². The van der Waals surface area contributed by atoms with Gasteiger partial charge in [0.05, 0.1) is 24.5 Å². The van der Waals surface area contributed by atoms with Crippen LogP contribution < -0.4 is 4.90 Å². The van der Waals surface area contributed by atoms with E-state index in [1.54, 1.807) is 17.0 Å². The lowest BCUT2D eigenvalue weighted by Crippen LogP contribution is -2.50. The Morgan fingerprint density at radius 2 is 2.39 bits per heavy atom. The number of carboxylic acids is 1. The van der Waals surface area contributed by atoms with Crippen LogP contribution in [0.1, 0.15) is 11.1 Å². The molecule has 5 heteroatoms. The van der Waals surface area contributed by atoms with Crippen LogP contribution in [0.25, 0.3) is 0 Å². The van der Waals surface area contributed by atoms with Gasteiger partial charge in [-0.05, 0) is 24.6 Å². The van der Waals surface area contributed by atoms with Crippen molar-refractivity contribution < 1.29 is 14.6 Å². The van der Waals surface area contributed by atoms with E-state index in [0.717, 1.165) is 5.56 Å². The molecular formula is C13H14N2O3. The molecule has 1 aromatic carbocycles. The van der Waals surface area contributed by atoms with Crippen LogP contribution in [-0.4, -0.2) is 36.9 Å². The van der Waals surface area contributed by atoms with Crippen molar-refractivity contribution in [2.45, 2.75) is 13.0 Å². The summed E-state index contributed by atoms with van der Waals surface area (Å²) in [6.45, 7) is 3.00. The predicted molar refractivity (Wildman–Crippen MR) is 65.5 cm³/mol. The van der Waals surface area contributed by atoms with Gasteiger partial charge in [-0.25, -0.2) is 4.79 Å². The molecule has 1 N–H and O–H groups in total. The Bertz CT molecular complexity index is 507. The number of ether oxygens (including phenoxy) is 1. The summed E-state index contributed by atoms with van der Waals surface area (Å²) in [6.07, 6.45) is 0. The Morgan fingerprint density at radius 1 is 1.61 bits per heavy atom. The topological polar surface area (TPSA) is 73.6 Å². The number of nitrogens with zero attached hydrogens (tertiary/aromatic N) is 2. The van der Waals surface area contributed by atoms with Gasteiger partial charge in [-0.15, -0.1) is 0 Å². The van der Waals surface area contributed by atoms with Crippen molar-refractivity contribution in [3.05, 3.63) is 29.3 Å². The summed E-state index contributed by atoms with van der Waals surface area (Å²) < 4.78 is 5.19. The zero-order chi connectivity index (χ0) is 13.1. The molecule has 94 valence electrons. The van der Waals surface area contributed by atoms with E-state index in [0.29, 0.717) is 24.4 Å². The molecule has 2 rings (SSSR count). The number of morpholine rings is 1. The molecule has 0 saturated carbocycles. The van der Waals surface area contributed by atoms with E-state index in [9.17, 15) is 9.90 Å². The second-order valence-corrected chi connectivity index (χ2v) is 4.25. The molecule has 1 unspecified atom stereocenters. The van der Waals surface area contributed by atoms with Crippen LogP contribution in [-0.2, 0) is 9.53 Å². The highest BCUT2D eigenvalue weighted by atomic mass is 16.5. The Balaban J connectivity index is 2.40. The number of aryl methyl sites for hydroxylation is 1. The second kappa shape index (κ2) is 5.07. The zero-order valence-corrected chi connectivity index (χ0v) is 10.1. The highest BCUT2D eigenvalue weighted by Crippen LogP contribution is 2.25. The first-order valence-corrected chi connectivity index (χ1v) is 5.71. The quantitative estimate of drug-likeness (QED) is 0.847. The highest BCUT2D eigenvalue weighted by Gasteiger charge is 2.30. The Kier molecular flexibility index (Phi) is 3.49. The third-order valence-corrected chi connectivity index (χ3v) is 3.00. The minimum Gasteiger partial charge on any atom is -0.480 e. The molecule has 0 radical (unpaired) electrons. The predicted octanol–water partition coefficient (Wildman–Crippen LogP) is 1.16. The maximum Gasteiger partial charge on any atom is 0.328 e. The van der Waals surface area contributed by atoms with E-state index in [1.807, 2.05) is 13.0 Å². The van der Waals surface area contributed by atoms with Gasteiger partial charge in [0.15, 0.2) is 6.04 Å². The number of anilines is 1. The molecule has 1 saturated heterocycles. The summed E-state index contributed by atoms with van der Waals surface area (Å²) in [5.41, 5.74) is 2.15. The summed E-state index contributed by atoms with van der Waals surface area (Å²) in [4.78, 5) is 12.9. The Labute approximate surface area is 105 Å². The van der Waals surface area contributed by atoms with E-state index in [1.165, 1.54) is 0 Å². The van der Waals surface area contributed by atoms with Gasteiger partial charge in [-0.2, -0.15) is 5.26 Å². The minimum atomic E-state index is -0.931. The largest absolute Gasteiger partial charge is 0.480 e. The molecule has 0 bridgehead atoms. The van der Waals surface area contributed by atoms with Crippen LogP contribution in [0.2, 0.25) is 0 Å². The van der Waals surface area contributed by atoms with Crippen LogP contribution in [0.5, 0.6) is 0 Å². The van der Waals surface area contributed by atoms with Crippen LogP contribution in [0.3, 0.4) is 0 Å². The van der Waals surface area contributed by atoms with Crippen LogP contribution in [0.15, 0.2) is 18.2 Å². The molecule has 5 nitrogen and oxygen atoms in total. The van der Waals surface area contributed by atoms with Gasteiger partial charge >= 0.3 is 5.97 Å². The van der Waals surface area contributed by atoms with E-state index in [-0.39, 0.29) is 6.61 Å². The number of hydrogen-bond donors (Lipinski definition) is 1. The average Bonchev–Trinajstić information content (AvgIpc) is 2.38. The summed E-state index contributed by atoms with van der Waals surface area (Å²) in [6, 6.07) is 6.84. The van der Waals surface area contributed by atoms with Crippen molar-refractivity contribution in [2.24, 2.45) is 0 Å². The van der Waals surface area contributed by atoms with Gasteiger partial charge in [-0.3, -0.25) is 0 Å². The van der Waals surface area contributed by atoms with E-state index < -0.39 is 12.0 Å². The molecule has 1 fully saturated rings. The van der Waals surface area contributed by atoms with Crippen molar-refractivity contribution in [1.29, 1.82) is 5.26 Å². The SMILES string of the molecule is Cc1ccc(N2CCOCC2C(=O)O)c(C#N)c1. The maximum absolute atomic E-state index is 11.2. The molecule has 18 heavy (non-hydrogen) atoms. The fourth-order valence-corrected chi connectivity index (χ4v) is 2.09. The molecule has 1 heterocycles. The second-order valence-electron chi connectivity index (χ2n) is 4.25. The summed E-state index contributed by atoms with van der Waals surface area (Å²) in [7, 11) is 0. The number of hydrogen-bond acceptors (Lipinski definition) is 4. The smallest absolute Gasteiger partial charge is 0.328 e. The molecule has 1 aliphatic heterocycles. The van der Waals surface area contributed by atoms with Crippen LogP contribution >= 0.6 is 0 Å². The van der Waals surface area contributed by atoms with E-state index in [4.69, 9.17) is 10.00 Å². The van der Waals surface area contributed by atoms with Crippen molar-refractivity contribution >= 4 is 11.7 Å². The third-order valence-electron chi connectivity index (χ3n) is 3.00. The van der Waals surface area contributed by atoms with Gasteiger partial charge in [-0.1, -0.05) is 6.07 Å². The zero-order valence-electron chi connectivity index (χ0n) is 10.1. The molecule has 0 spiro atoms. The number of carboxylic acid groups (broad SMARTS) is 1. The lowest BCUT2D eigenvalue weighted by atomic mass is 10.1. The van der Waals surface area contributed by atoms with Gasteiger partial charge in [0.2, 0.25) is 0 Å². The highest BCUT2D eigenvalue weighted by molar-refractivity contribution is 5.80. The molecule has 0 aromatic heterocycles. The monoisotopic (exact) mass is 246 g/mol. The van der Waals surface area contributed by atoms with Gasteiger partial charge in [0, 0.05) is 6.54 Å². The number of rotatable bonds is 2. The molecule has 1 aromatic rings. The number of benzene rings is 1. The first kappa shape index (κ1) is 12.4. The van der Waals surface area contributed by atoms with Gasteiger partial charge in [0.25, 0.3) is 0 Å². The Morgan fingerprint density at radius 3 is 3.06 bits per heavy atom. The van der Waals surface area contributed by atoms with E-state index >= 15 is 0 Å². The molecular weight excluding hydrogens is 232 g/mol. The molecule has 1 atom stereocenters. The van der Waals surface area contributed by atoms with Crippen LogP contribution in [0.4, 0.5) is 5.69 Å². The first-order chi connectivity index (χ1) is 8.63. The Hall–Kier alpha value is -2.06. The van der Waals surface area contributed by atoms with E-state index in [2.05, 4.69) is 6.07 Å². The van der Waals surface area contributed by atoms with Gasteiger partial charge < -0.3 is 14.7 Å². The third kappa shape index (κ3) is 2.29. The molecule has 0 amide bonds. The lowest BCUT2D eigenvalue weighted by Gasteiger charge is -2.35. The first-order valence-electron chi connectivity index (χ1n) is 5.71. The molecule has 0 aliphatic carbocycles. The van der Waals surface area contributed by atoms with Crippen molar-refractivity contribution in [3.8, 4) is 6.07 Å². The average molecular weight is 246 g/mol. The fourth-order valence-electron chi connectivity index (χ4n) is 2.09. The summed E-state index contributed by atoms with van der Waals surface area (Å²) in [5.74, 6) is -0.931. The van der Waals surface area contributed by atoms with Gasteiger partial charge in [0.1, 0.15) is 6.07 Å². The maximum atomic E-state index is 11.2. The van der Waals surface area contributed by atoms with Crippen molar-refractivity contribution in [2.75, 3.05) is 24.7 Å². The number of carbonyl (C=O) groups is 1. The number of nitriles is 1.